The molecule has 0 saturated carbocycles. The van der Waals surface area contributed by atoms with Crippen LogP contribution in [0.15, 0.2) is 23.6 Å². The van der Waals surface area contributed by atoms with Crippen LogP contribution in [-0.2, 0) is 12.1 Å². The van der Waals surface area contributed by atoms with Crippen LogP contribution >= 0.6 is 11.3 Å². The molecular weight excluding hydrogens is 344 g/mol. The van der Waals surface area contributed by atoms with Crippen LogP contribution in [0.4, 0.5) is 0 Å². The fourth-order valence-corrected chi connectivity index (χ4v) is 4.09. The van der Waals surface area contributed by atoms with Gasteiger partial charge in [0.05, 0.1) is 5.54 Å². The highest BCUT2D eigenvalue weighted by Crippen LogP contribution is 2.24. The summed E-state index contributed by atoms with van der Waals surface area (Å²) >= 11 is 1.79. The highest BCUT2D eigenvalue weighted by molar-refractivity contribution is 7.09. The third-order valence-electron chi connectivity index (χ3n) is 4.80. The van der Waals surface area contributed by atoms with Crippen molar-refractivity contribution in [2.24, 2.45) is 0 Å². The molecule has 3 heterocycles. The Morgan fingerprint density at radius 1 is 1.23 bits per heavy atom. The molecule has 0 spiro atoms. The monoisotopic (exact) mass is 374 g/mol. The number of hydrogen-bond donors (Lipinski definition) is 0. The van der Waals surface area contributed by atoms with E-state index in [1.807, 2.05) is 15.6 Å². The summed E-state index contributed by atoms with van der Waals surface area (Å²) in [5.41, 5.74) is 1.57. The van der Waals surface area contributed by atoms with E-state index in [-0.39, 0.29) is 11.4 Å². The Hall–Kier alpha value is -1.66. The van der Waals surface area contributed by atoms with E-state index in [0.717, 1.165) is 38.4 Å². The van der Waals surface area contributed by atoms with Gasteiger partial charge in [0.1, 0.15) is 0 Å². The van der Waals surface area contributed by atoms with Gasteiger partial charge >= 0.3 is 0 Å². The van der Waals surface area contributed by atoms with Crippen LogP contribution in [0.1, 0.15) is 61.6 Å². The molecule has 1 aliphatic heterocycles. The zero-order valence-electron chi connectivity index (χ0n) is 16.5. The number of hydrogen-bond acceptors (Lipinski definition) is 4. The standard InChI is InChI=1S/C20H30N4OS/c1-15(2)18-13-17(21-24(18)20(3,4)5)19(25)23-10-8-22(9-11-23)14-16-7-6-12-26-16/h6-7,12-13,15H,8-11,14H2,1-5H3. The highest BCUT2D eigenvalue weighted by Gasteiger charge is 2.28. The number of nitrogens with zero attached hydrogens (tertiary/aromatic N) is 4. The van der Waals surface area contributed by atoms with Crippen LogP contribution in [0.2, 0.25) is 0 Å². The van der Waals surface area contributed by atoms with Crippen LogP contribution in [0.5, 0.6) is 0 Å². The quantitative estimate of drug-likeness (QED) is 0.818. The van der Waals surface area contributed by atoms with Gasteiger partial charge in [0.25, 0.3) is 5.91 Å². The van der Waals surface area contributed by atoms with Gasteiger partial charge in [-0.05, 0) is 44.2 Å². The third kappa shape index (κ3) is 4.18. The molecule has 1 saturated heterocycles. The molecule has 0 unspecified atom stereocenters. The molecule has 1 fully saturated rings. The lowest BCUT2D eigenvalue weighted by molar-refractivity contribution is 0.0622. The molecule has 26 heavy (non-hydrogen) atoms. The molecule has 2 aromatic heterocycles. The first-order valence-corrected chi connectivity index (χ1v) is 10.3. The number of rotatable bonds is 4. The molecular formula is C20H30N4OS. The summed E-state index contributed by atoms with van der Waals surface area (Å²) in [6.07, 6.45) is 0. The van der Waals surface area contributed by atoms with Crippen molar-refractivity contribution in [1.82, 2.24) is 19.6 Å². The minimum Gasteiger partial charge on any atom is -0.335 e. The van der Waals surface area contributed by atoms with Gasteiger partial charge in [0.15, 0.2) is 5.69 Å². The molecule has 3 rings (SSSR count). The molecule has 0 aliphatic carbocycles. The first-order chi connectivity index (χ1) is 12.3. The Kier molecular flexibility index (Phi) is 5.53. The maximum Gasteiger partial charge on any atom is 0.274 e. The highest BCUT2D eigenvalue weighted by atomic mass is 32.1. The van der Waals surface area contributed by atoms with Gasteiger partial charge in [0, 0.05) is 43.3 Å². The van der Waals surface area contributed by atoms with Crippen molar-refractivity contribution < 1.29 is 4.79 Å². The van der Waals surface area contributed by atoms with Crippen molar-refractivity contribution in [2.75, 3.05) is 26.2 Å². The van der Waals surface area contributed by atoms with Gasteiger partial charge in [0.2, 0.25) is 0 Å². The van der Waals surface area contributed by atoms with E-state index in [4.69, 9.17) is 0 Å². The second kappa shape index (κ2) is 7.53. The third-order valence-corrected chi connectivity index (χ3v) is 5.66. The number of aromatic nitrogens is 2. The Balaban J connectivity index is 1.67. The number of thiophene rings is 1. The average Bonchev–Trinajstić information content (AvgIpc) is 3.24. The topological polar surface area (TPSA) is 41.4 Å². The number of carbonyl (C=O) groups excluding carboxylic acids is 1. The lowest BCUT2D eigenvalue weighted by Gasteiger charge is -2.34. The minimum atomic E-state index is -0.127. The predicted molar refractivity (Wildman–Crippen MR) is 107 cm³/mol. The van der Waals surface area contributed by atoms with E-state index in [0.29, 0.717) is 11.6 Å². The van der Waals surface area contributed by atoms with Crippen LogP contribution < -0.4 is 0 Å². The smallest absolute Gasteiger partial charge is 0.274 e. The van der Waals surface area contributed by atoms with Gasteiger partial charge in [-0.1, -0.05) is 19.9 Å². The summed E-state index contributed by atoms with van der Waals surface area (Å²) in [5.74, 6) is 0.400. The van der Waals surface area contributed by atoms with Crippen LogP contribution in [0.3, 0.4) is 0 Å². The lowest BCUT2D eigenvalue weighted by Crippen LogP contribution is -2.48. The predicted octanol–water partition coefficient (Wildman–Crippen LogP) is 3.78. The molecule has 1 amide bonds. The first kappa shape index (κ1) is 19.1. The summed E-state index contributed by atoms with van der Waals surface area (Å²) < 4.78 is 2.01. The van der Waals surface area contributed by atoms with E-state index < -0.39 is 0 Å². The second-order valence-corrected chi connectivity index (χ2v) is 9.37. The van der Waals surface area contributed by atoms with E-state index in [2.05, 4.69) is 62.1 Å². The number of piperazine rings is 1. The van der Waals surface area contributed by atoms with E-state index in [1.54, 1.807) is 11.3 Å². The fourth-order valence-electron chi connectivity index (χ4n) is 3.34. The zero-order chi connectivity index (χ0) is 18.9. The zero-order valence-corrected chi connectivity index (χ0v) is 17.3. The average molecular weight is 375 g/mol. The molecule has 6 heteroatoms. The maximum atomic E-state index is 13.0. The largest absolute Gasteiger partial charge is 0.335 e. The van der Waals surface area contributed by atoms with E-state index >= 15 is 0 Å². The van der Waals surface area contributed by atoms with Crippen molar-refractivity contribution in [3.05, 3.63) is 39.8 Å². The normalized spacial score (nSPS) is 16.5. The lowest BCUT2D eigenvalue weighted by atomic mass is 10.1. The molecule has 0 bridgehead atoms. The van der Waals surface area contributed by atoms with Crippen LogP contribution in [-0.4, -0.2) is 51.7 Å². The van der Waals surface area contributed by atoms with Crippen LogP contribution in [0, 0.1) is 0 Å². The number of carbonyl (C=O) groups is 1. The van der Waals surface area contributed by atoms with Gasteiger partial charge in [-0.15, -0.1) is 11.3 Å². The second-order valence-electron chi connectivity index (χ2n) is 8.34. The summed E-state index contributed by atoms with van der Waals surface area (Å²) in [5, 5.41) is 6.79. The Labute approximate surface area is 160 Å². The van der Waals surface area contributed by atoms with Gasteiger partial charge in [-0.3, -0.25) is 14.4 Å². The minimum absolute atomic E-state index is 0.0608. The molecule has 5 nitrogen and oxygen atoms in total. The van der Waals surface area contributed by atoms with E-state index in [9.17, 15) is 4.79 Å². The molecule has 0 aromatic carbocycles. The molecule has 0 N–H and O–H groups in total. The van der Waals surface area contributed by atoms with Crippen molar-refractivity contribution in [3.8, 4) is 0 Å². The van der Waals surface area contributed by atoms with Crippen molar-refractivity contribution >= 4 is 17.2 Å². The molecule has 2 aromatic rings. The SMILES string of the molecule is CC(C)c1cc(C(=O)N2CCN(Cc3cccs3)CC2)nn1C(C)(C)C. The van der Waals surface area contributed by atoms with Crippen LogP contribution in [0.25, 0.3) is 0 Å². The molecule has 1 aliphatic rings. The molecule has 142 valence electrons. The summed E-state index contributed by atoms with van der Waals surface area (Å²) in [6, 6.07) is 6.25. The number of amides is 1. The van der Waals surface area contributed by atoms with Crippen molar-refractivity contribution in [3.63, 3.8) is 0 Å². The molecule has 0 radical (unpaired) electrons. The first-order valence-electron chi connectivity index (χ1n) is 9.40. The van der Waals surface area contributed by atoms with Gasteiger partial charge in [-0.25, -0.2) is 0 Å². The summed E-state index contributed by atoms with van der Waals surface area (Å²) in [4.78, 5) is 18.7. The Bertz CT molecular complexity index is 734. The van der Waals surface area contributed by atoms with E-state index in [1.165, 1.54) is 4.88 Å². The maximum absolute atomic E-state index is 13.0. The molecule has 0 atom stereocenters. The van der Waals surface area contributed by atoms with Gasteiger partial charge < -0.3 is 4.90 Å². The van der Waals surface area contributed by atoms with Crippen molar-refractivity contribution in [1.29, 1.82) is 0 Å². The Morgan fingerprint density at radius 2 is 1.92 bits per heavy atom. The van der Waals surface area contributed by atoms with Gasteiger partial charge in [-0.2, -0.15) is 5.10 Å². The van der Waals surface area contributed by atoms with Crippen molar-refractivity contribution in [2.45, 2.75) is 52.6 Å². The summed E-state index contributed by atoms with van der Waals surface area (Å²) in [7, 11) is 0. The summed E-state index contributed by atoms with van der Waals surface area (Å²) in [6.45, 7) is 15.0. The fraction of sp³-hybridized carbons (Fsp3) is 0.600. The Morgan fingerprint density at radius 3 is 2.42 bits per heavy atom.